The second-order valence-electron chi connectivity index (χ2n) is 6.86. The van der Waals surface area contributed by atoms with Crippen molar-refractivity contribution in [3.8, 4) is 23.3 Å². The second-order valence-corrected chi connectivity index (χ2v) is 6.86. The Balaban J connectivity index is 2.07. The predicted molar refractivity (Wildman–Crippen MR) is 117 cm³/mol. The van der Waals surface area contributed by atoms with Gasteiger partial charge in [0.2, 0.25) is 0 Å². The lowest BCUT2D eigenvalue weighted by Crippen LogP contribution is -2.10. The molecular formula is C24H26N2O5. The van der Waals surface area contributed by atoms with Gasteiger partial charge in [0.25, 0.3) is 0 Å². The summed E-state index contributed by atoms with van der Waals surface area (Å²) in [6, 6.07) is 13.1. The molecule has 0 N–H and O–H groups in total. The summed E-state index contributed by atoms with van der Waals surface area (Å²) in [5.41, 5.74) is 2.41. The van der Waals surface area contributed by atoms with Crippen molar-refractivity contribution in [1.29, 1.82) is 5.26 Å². The molecule has 0 saturated carbocycles. The lowest BCUT2D eigenvalue weighted by molar-refractivity contribution is 0.0438. The Morgan fingerprint density at radius 1 is 1.13 bits per heavy atom. The first kappa shape index (κ1) is 22.2. The molecule has 0 aliphatic carbocycles. The van der Waals surface area contributed by atoms with Crippen molar-refractivity contribution >= 4 is 16.9 Å². The first-order valence-electron chi connectivity index (χ1n) is 10.2. The maximum absolute atomic E-state index is 12.3. The van der Waals surface area contributed by atoms with Gasteiger partial charge in [0.1, 0.15) is 23.1 Å². The Morgan fingerprint density at radius 2 is 1.97 bits per heavy atom. The Labute approximate surface area is 181 Å². The van der Waals surface area contributed by atoms with E-state index >= 15 is 0 Å². The number of ether oxygens (including phenoxy) is 4. The van der Waals surface area contributed by atoms with Gasteiger partial charge in [-0.25, -0.2) is 4.79 Å². The molecule has 0 aliphatic rings. The van der Waals surface area contributed by atoms with Gasteiger partial charge in [0, 0.05) is 36.5 Å². The Hall–Kier alpha value is -3.50. The molecule has 0 bridgehead atoms. The number of hydrogen-bond acceptors (Lipinski definition) is 6. The molecule has 1 aromatic heterocycles. The first-order chi connectivity index (χ1) is 15.1. The first-order valence-corrected chi connectivity index (χ1v) is 10.2. The van der Waals surface area contributed by atoms with E-state index in [-0.39, 0.29) is 13.4 Å². The molecule has 162 valence electrons. The molecule has 2 aromatic carbocycles. The van der Waals surface area contributed by atoms with E-state index in [9.17, 15) is 10.1 Å². The van der Waals surface area contributed by atoms with E-state index in [1.165, 1.54) is 7.11 Å². The van der Waals surface area contributed by atoms with Gasteiger partial charge in [-0.05, 0) is 37.6 Å². The van der Waals surface area contributed by atoms with Crippen LogP contribution in [0.15, 0.2) is 42.6 Å². The topological polar surface area (TPSA) is 82.7 Å². The molecule has 7 heteroatoms. The summed E-state index contributed by atoms with van der Waals surface area (Å²) in [5, 5.41) is 10.4. The molecule has 0 saturated heterocycles. The summed E-state index contributed by atoms with van der Waals surface area (Å²) >= 11 is 0. The van der Waals surface area contributed by atoms with Crippen molar-refractivity contribution in [2.24, 2.45) is 0 Å². The summed E-state index contributed by atoms with van der Waals surface area (Å²) in [5.74, 6) is 0.610. The van der Waals surface area contributed by atoms with Gasteiger partial charge < -0.3 is 23.5 Å². The molecular weight excluding hydrogens is 396 g/mol. The third-order valence-electron chi connectivity index (χ3n) is 4.74. The van der Waals surface area contributed by atoms with Crippen molar-refractivity contribution in [1.82, 2.24) is 4.57 Å². The van der Waals surface area contributed by atoms with Gasteiger partial charge in [-0.3, -0.25) is 0 Å². The molecule has 0 fully saturated rings. The number of aromatic nitrogens is 1. The van der Waals surface area contributed by atoms with E-state index in [2.05, 4.69) is 13.0 Å². The van der Waals surface area contributed by atoms with Crippen LogP contribution in [0.2, 0.25) is 0 Å². The van der Waals surface area contributed by atoms with E-state index in [0.717, 1.165) is 35.2 Å². The van der Waals surface area contributed by atoms with Crippen LogP contribution in [-0.4, -0.2) is 37.7 Å². The lowest BCUT2D eigenvalue weighted by atomic mass is 10.1. The minimum absolute atomic E-state index is 0.0128. The molecule has 3 rings (SSSR count). The highest BCUT2D eigenvalue weighted by atomic mass is 16.7. The second kappa shape index (κ2) is 10.5. The van der Waals surface area contributed by atoms with Crippen LogP contribution in [0.5, 0.6) is 11.5 Å². The summed E-state index contributed by atoms with van der Waals surface area (Å²) in [6.07, 6.45) is 3.78. The van der Waals surface area contributed by atoms with Gasteiger partial charge in [-0.15, -0.1) is 0 Å². The van der Waals surface area contributed by atoms with E-state index in [1.807, 2.05) is 22.8 Å². The maximum atomic E-state index is 12.3. The Bertz CT molecular complexity index is 1100. The standard InChI is InChI=1S/C24H26N2O5/c1-4-6-11-30-19-8-10-20-17(14-25)15-26(22(20)13-19)18-7-9-21(24(27)29-5-2)23(12-18)31-16-28-3/h7-10,12-13,15H,4-6,11,16H2,1-3H3. The highest BCUT2D eigenvalue weighted by molar-refractivity contribution is 5.93. The quantitative estimate of drug-likeness (QED) is 0.264. The van der Waals surface area contributed by atoms with Crippen LogP contribution in [-0.2, 0) is 9.47 Å². The SMILES string of the molecule is CCCCOc1ccc2c(C#N)cn(-c3ccc(C(=O)OCC)c(OCOC)c3)c2c1. The number of fused-ring (bicyclic) bond motifs is 1. The molecule has 0 spiro atoms. The smallest absolute Gasteiger partial charge is 0.341 e. The van der Waals surface area contributed by atoms with Crippen molar-refractivity contribution in [2.75, 3.05) is 27.1 Å². The number of nitriles is 1. The van der Waals surface area contributed by atoms with Gasteiger partial charge in [0.05, 0.1) is 24.3 Å². The van der Waals surface area contributed by atoms with Gasteiger partial charge in [0.15, 0.2) is 6.79 Å². The Kier molecular flexibility index (Phi) is 7.52. The number of rotatable bonds is 10. The number of esters is 1. The number of benzene rings is 2. The van der Waals surface area contributed by atoms with E-state index < -0.39 is 5.97 Å². The van der Waals surface area contributed by atoms with Crippen LogP contribution < -0.4 is 9.47 Å². The van der Waals surface area contributed by atoms with Crippen molar-refractivity contribution in [3.05, 3.63) is 53.7 Å². The molecule has 7 nitrogen and oxygen atoms in total. The summed E-state index contributed by atoms with van der Waals surface area (Å²) < 4.78 is 23.5. The zero-order valence-electron chi connectivity index (χ0n) is 18.0. The highest BCUT2D eigenvalue weighted by Gasteiger charge is 2.17. The van der Waals surface area contributed by atoms with Crippen LogP contribution in [0.4, 0.5) is 0 Å². The predicted octanol–water partition coefficient (Wildman–Crippen LogP) is 4.84. The van der Waals surface area contributed by atoms with Crippen LogP contribution in [0, 0.1) is 11.3 Å². The molecule has 3 aromatic rings. The molecule has 0 amide bonds. The molecule has 0 aliphatic heterocycles. The fraction of sp³-hybridized carbons (Fsp3) is 0.333. The summed E-state index contributed by atoms with van der Waals surface area (Å²) in [6.45, 7) is 4.74. The Morgan fingerprint density at radius 3 is 2.68 bits per heavy atom. The largest absolute Gasteiger partial charge is 0.494 e. The van der Waals surface area contributed by atoms with Crippen LogP contribution in [0.1, 0.15) is 42.6 Å². The number of carbonyl (C=O) groups excluding carboxylic acids is 1. The van der Waals surface area contributed by atoms with Gasteiger partial charge in [-0.1, -0.05) is 13.3 Å². The number of nitrogens with zero attached hydrogens (tertiary/aromatic N) is 2. The minimum atomic E-state index is -0.471. The zero-order valence-corrected chi connectivity index (χ0v) is 18.0. The maximum Gasteiger partial charge on any atom is 0.341 e. The summed E-state index contributed by atoms with van der Waals surface area (Å²) in [4.78, 5) is 12.3. The minimum Gasteiger partial charge on any atom is -0.494 e. The van der Waals surface area contributed by atoms with Crippen LogP contribution >= 0.6 is 0 Å². The van der Waals surface area contributed by atoms with Gasteiger partial charge in [-0.2, -0.15) is 5.26 Å². The van der Waals surface area contributed by atoms with E-state index in [0.29, 0.717) is 23.5 Å². The zero-order chi connectivity index (χ0) is 22.2. The lowest BCUT2D eigenvalue weighted by Gasteiger charge is -2.13. The van der Waals surface area contributed by atoms with Crippen LogP contribution in [0.3, 0.4) is 0 Å². The van der Waals surface area contributed by atoms with Gasteiger partial charge >= 0.3 is 5.97 Å². The molecule has 0 atom stereocenters. The average molecular weight is 422 g/mol. The van der Waals surface area contributed by atoms with E-state index in [1.54, 1.807) is 31.3 Å². The number of carbonyl (C=O) groups is 1. The highest BCUT2D eigenvalue weighted by Crippen LogP contribution is 2.31. The summed E-state index contributed by atoms with van der Waals surface area (Å²) in [7, 11) is 1.51. The van der Waals surface area contributed by atoms with Crippen molar-refractivity contribution in [2.45, 2.75) is 26.7 Å². The molecule has 1 heterocycles. The molecule has 0 radical (unpaired) electrons. The van der Waals surface area contributed by atoms with E-state index in [4.69, 9.17) is 18.9 Å². The van der Waals surface area contributed by atoms with Crippen LogP contribution in [0.25, 0.3) is 16.6 Å². The number of methoxy groups -OCH3 is 1. The fourth-order valence-corrected chi connectivity index (χ4v) is 3.21. The van der Waals surface area contributed by atoms with Crippen molar-refractivity contribution < 1.29 is 23.7 Å². The number of hydrogen-bond donors (Lipinski definition) is 0. The monoisotopic (exact) mass is 422 g/mol. The van der Waals surface area contributed by atoms with Crippen molar-refractivity contribution in [3.63, 3.8) is 0 Å². The average Bonchev–Trinajstić information content (AvgIpc) is 3.16. The normalized spacial score (nSPS) is 10.6. The third-order valence-corrected chi connectivity index (χ3v) is 4.74. The third kappa shape index (κ3) is 4.98. The fourth-order valence-electron chi connectivity index (χ4n) is 3.21. The number of unbranched alkanes of at least 4 members (excludes halogenated alkanes) is 1. The molecule has 0 unspecified atom stereocenters. The molecule has 31 heavy (non-hydrogen) atoms.